The van der Waals surface area contributed by atoms with Gasteiger partial charge in [-0.25, -0.2) is 0 Å². The van der Waals surface area contributed by atoms with Crippen molar-refractivity contribution in [2.24, 2.45) is 0 Å². The lowest BCUT2D eigenvalue weighted by Crippen LogP contribution is -2.28. The Hall–Kier alpha value is -2.21. The zero-order chi connectivity index (χ0) is 15.7. The molecular weight excluding hydrogens is 268 g/mol. The van der Waals surface area contributed by atoms with Crippen LogP contribution in [0.1, 0.15) is 27.3 Å². The highest BCUT2D eigenvalue weighted by atomic mass is 16.2. The smallest absolute Gasteiger partial charge is 0.269 e. The van der Waals surface area contributed by atoms with Gasteiger partial charge in [0, 0.05) is 24.8 Å². The molecule has 1 aromatic rings. The first-order valence-electron chi connectivity index (χ1n) is 6.82. The van der Waals surface area contributed by atoms with Crippen molar-refractivity contribution in [3.05, 3.63) is 42.2 Å². The van der Waals surface area contributed by atoms with Crippen molar-refractivity contribution in [2.75, 3.05) is 33.7 Å². The number of hydrogen-bond donors (Lipinski definition) is 2. The molecule has 0 aliphatic carbocycles. The summed E-state index contributed by atoms with van der Waals surface area (Å²) in [5, 5.41) is 5.45. The van der Waals surface area contributed by atoms with Crippen molar-refractivity contribution in [1.82, 2.24) is 20.5 Å². The fourth-order valence-electron chi connectivity index (χ4n) is 1.65. The normalized spacial score (nSPS) is 10.2. The molecule has 0 radical (unpaired) electrons. The van der Waals surface area contributed by atoms with Gasteiger partial charge >= 0.3 is 0 Å². The lowest BCUT2D eigenvalue weighted by molar-refractivity contribution is 0.0947. The van der Waals surface area contributed by atoms with Gasteiger partial charge in [-0.05, 0) is 39.2 Å². The van der Waals surface area contributed by atoms with E-state index in [1.807, 2.05) is 14.1 Å². The maximum atomic E-state index is 11.9. The summed E-state index contributed by atoms with van der Waals surface area (Å²) in [5.41, 5.74) is 0.649. The van der Waals surface area contributed by atoms with Gasteiger partial charge in [0.15, 0.2) is 0 Å². The molecule has 2 amide bonds. The summed E-state index contributed by atoms with van der Waals surface area (Å²) in [6, 6.07) is 3.06. The molecule has 0 unspecified atom stereocenters. The Morgan fingerprint density at radius 2 is 2.10 bits per heavy atom. The predicted molar refractivity (Wildman–Crippen MR) is 82.3 cm³/mol. The molecule has 0 bridgehead atoms. The van der Waals surface area contributed by atoms with E-state index in [4.69, 9.17) is 0 Å². The molecular formula is C15H22N4O2. The Balaban J connectivity index is 2.56. The monoisotopic (exact) mass is 290 g/mol. The topological polar surface area (TPSA) is 74.3 Å². The average molecular weight is 290 g/mol. The van der Waals surface area contributed by atoms with Crippen LogP contribution < -0.4 is 10.6 Å². The van der Waals surface area contributed by atoms with Gasteiger partial charge in [-0.1, -0.05) is 6.08 Å². The van der Waals surface area contributed by atoms with Gasteiger partial charge in [0.2, 0.25) is 0 Å². The first kappa shape index (κ1) is 16.8. The summed E-state index contributed by atoms with van der Waals surface area (Å²) in [7, 11) is 3.96. The summed E-state index contributed by atoms with van der Waals surface area (Å²) < 4.78 is 0. The van der Waals surface area contributed by atoms with Crippen LogP contribution in [-0.4, -0.2) is 55.4 Å². The molecule has 1 aromatic heterocycles. The quantitative estimate of drug-likeness (QED) is 0.545. The second-order valence-electron chi connectivity index (χ2n) is 4.84. The first-order chi connectivity index (χ1) is 10.0. The third-order valence-electron chi connectivity index (χ3n) is 2.73. The van der Waals surface area contributed by atoms with Gasteiger partial charge in [0.25, 0.3) is 11.8 Å². The second-order valence-corrected chi connectivity index (χ2v) is 4.84. The minimum atomic E-state index is -0.271. The molecule has 0 aliphatic rings. The van der Waals surface area contributed by atoms with Crippen molar-refractivity contribution >= 4 is 11.8 Å². The van der Waals surface area contributed by atoms with Crippen molar-refractivity contribution in [3.8, 4) is 0 Å². The molecule has 21 heavy (non-hydrogen) atoms. The van der Waals surface area contributed by atoms with E-state index < -0.39 is 0 Å². The average Bonchev–Trinajstić information content (AvgIpc) is 2.48. The molecule has 0 fully saturated rings. The Kier molecular flexibility index (Phi) is 7.11. The van der Waals surface area contributed by atoms with Crippen molar-refractivity contribution < 1.29 is 9.59 Å². The Morgan fingerprint density at radius 1 is 1.33 bits per heavy atom. The summed E-state index contributed by atoms with van der Waals surface area (Å²) in [6.45, 7) is 5.39. The number of aromatic nitrogens is 1. The van der Waals surface area contributed by atoms with E-state index in [1.165, 1.54) is 12.3 Å². The molecule has 0 saturated carbocycles. The van der Waals surface area contributed by atoms with Crippen LogP contribution >= 0.6 is 0 Å². The summed E-state index contributed by atoms with van der Waals surface area (Å²) >= 11 is 0. The number of nitrogens with one attached hydrogen (secondary N) is 2. The fourth-order valence-corrected chi connectivity index (χ4v) is 1.65. The highest BCUT2D eigenvalue weighted by Crippen LogP contribution is 2.02. The van der Waals surface area contributed by atoms with Crippen LogP contribution in [0, 0.1) is 0 Å². The van der Waals surface area contributed by atoms with Gasteiger partial charge in [-0.15, -0.1) is 6.58 Å². The Morgan fingerprint density at radius 3 is 2.76 bits per heavy atom. The van der Waals surface area contributed by atoms with Crippen LogP contribution in [0.5, 0.6) is 0 Å². The third kappa shape index (κ3) is 6.18. The molecule has 6 heteroatoms. The largest absolute Gasteiger partial charge is 0.351 e. The van der Waals surface area contributed by atoms with E-state index in [0.29, 0.717) is 18.7 Å². The molecule has 0 aliphatic heterocycles. The second kappa shape index (κ2) is 8.86. The van der Waals surface area contributed by atoms with Gasteiger partial charge < -0.3 is 15.5 Å². The number of amides is 2. The van der Waals surface area contributed by atoms with Crippen LogP contribution in [-0.2, 0) is 0 Å². The maximum absolute atomic E-state index is 11.9. The number of hydrogen-bond acceptors (Lipinski definition) is 4. The van der Waals surface area contributed by atoms with Gasteiger partial charge in [-0.3, -0.25) is 14.6 Å². The summed E-state index contributed by atoms with van der Waals surface area (Å²) in [4.78, 5) is 29.8. The summed E-state index contributed by atoms with van der Waals surface area (Å²) in [6.07, 6.45) is 3.91. The predicted octanol–water partition coefficient (Wildman–Crippen LogP) is 0.679. The molecule has 0 saturated heterocycles. The highest BCUT2D eigenvalue weighted by Gasteiger charge is 2.10. The van der Waals surface area contributed by atoms with E-state index in [0.717, 1.165) is 13.0 Å². The minimum Gasteiger partial charge on any atom is -0.351 e. The Labute approximate surface area is 125 Å². The van der Waals surface area contributed by atoms with Crippen molar-refractivity contribution in [1.29, 1.82) is 0 Å². The van der Waals surface area contributed by atoms with Gasteiger partial charge in [0.05, 0.1) is 0 Å². The zero-order valence-corrected chi connectivity index (χ0v) is 12.6. The van der Waals surface area contributed by atoms with Crippen LogP contribution in [0.4, 0.5) is 0 Å². The fraction of sp³-hybridized carbons (Fsp3) is 0.400. The molecule has 1 heterocycles. The van der Waals surface area contributed by atoms with E-state index in [-0.39, 0.29) is 17.5 Å². The SMILES string of the molecule is C=CCNC(=O)c1ccnc(C(=O)NCCCN(C)C)c1. The lowest BCUT2D eigenvalue weighted by atomic mass is 10.2. The van der Waals surface area contributed by atoms with E-state index in [9.17, 15) is 9.59 Å². The van der Waals surface area contributed by atoms with Crippen LogP contribution in [0.15, 0.2) is 31.0 Å². The third-order valence-corrected chi connectivity index (χ3v) is 2.73. The standard InChI is InChI=1S/C15H22N4O2/c1-4-7-17-14(20)12-6-9-16-13(11-12)15(21)18-8-5-10-19(2)3/h4,6,9,11H,1,5,7-8,10H2,2-3H3,(H,17,20)(H,18,21). The van der Waals surface area contributed by atoms with Gasteiger partial charge in [0.1, 0.15) is 5.69 Å². The van der Waals surface area contributed by atoms with Gasteiger partial charge in [-0.2, -0.15) is 0 Å². The van der Waals surface area contributed by atoms with E-state index >= 15 is 0 Å². The molecule has 0 aromatic carbocycles. The number of nitrogens with zero attached hydrogens (tertiary/aromatic N) is 2. The van der Waals surface area contributed by atoms with Crippen LogP contribution in [0.3, 0.4) is 0 Å². The van der Waals surface area contributed by atoms with Crippen molar-refractivity contribution in [2.45, 2.75) is 6.42 Å². The minimum absolute atomic E-state index is 0.242. The molecule has 1 rings (SSSR count). The number of rotatable bonds is 8. The molecule has 2 N–H and O–H groups in total. The van der Waals surface area contributed by atoms with Crippen LogP contribution in [0.25, 0.3) is 0 Å². The zero-order valence-electron chi connectivity index (χ0n) is 12.6. The Bertz CT molecular complexity index is 500. The number of pyridine rings is 1. The number of carbonyl (C=O) groups is 2. The molecule has 114 valence electrons. The van der Waals surface area contributed by atoms with Crippen LogP contribution in [0.2, 0.25) is 0 Å². The molecule has 0 spiro atoms. The number of carbonyl (C=O) groups excluding carboxylic acids is 2. The summed E-state index contributed by atoms with van der Waals surface area (Å²) in [5.74, 6) is -0.522. The van der Waals surface area contributed by atoms with Crippen molar-refractivity contribution in [3.63, 3.8) is 0 Å². The maximum Gasteiger partial charge on any atom is 0.269 e. The first-order valence-corrected chi connectivity index (χ1v) is 6.82. The lowest BCUT2D eigenvalue weighted by Gasteiger charge is -2.10. The van der Waals surface area contributed by atoms with E-state index in [2.05, 4.69) is 27.1 Å². The molecule has 6 nitrogen and oxygen atoms in total. The molecule has 0 atom stereocenters. The highest BCUT2D eigenvalue weighted by molar-refractivity contribution is 5.98. The van der Waals surface area contributed by atoms with E-state index in [1.54, 1.807) is 12.1 Å².